The Kier molecular flexibility index (Phi) is 4.85. The van der Waals surface area contributed by atoms with Crippen LogP contribution < -0.4 is 9.47 Å². The Morgan fingerprint density at radius 1 is 1.37 bits per heavy atom. The van der Waals surface area contributed by atoms with Crippen LogP contribution >= 0.6 is 27.3 Å². The van der Waals surface area contributed by atoms with Crippen molar-refractivity contribution in [2.24, 2.45) is 0 Å². The van der Waals surface area contributed by atoms with Crippen molar-refractivity contribution in [2.75, 3.05) is 7.11 Å². The van der Waals surface area contributed by atoms with Crippen LogP contribution in [0.1, 0.15) is 23.5 Å². The van der Waals surface area contributed by atoms with E-state index in [4.69, 9.17) is 9.47 Å². The van der Waals surface area contributed by atoms with Crippen LogP contribution in [0.4, 0.5) is 0 Å². The topological polar surface area (TPSA) is 38.7 Å². The molecule has 0 amide bonds. The van der Waals surface area contributed by atoms with E-state index in [1.807, 2.05) is 23.6 Å². The number of benzene rings is 1. The first kappa shape index (κ1) is 14.4. The monoisotopic (exact) mass is 342 g/mol. The lowest BCUT2D eigenvalue weighted by Gasteiger charge is -2.14. The molecule has 0 saturated carbocycles. The smallest absolute Gasteiger partial charge is 0.129 e. The second-order valence-electron chi connectivity index (χ2n) is 4.10. The fourth-order valence-corrected chi connectivity index (χ4v) is 3.05. The molecule has 1 aromatic carbocycles. The van der Waals surface area contributed by atoms with Gasteiger partial charge >= 0.3 is 0 Å². The minimum absolute atomic E-state index is 0.475. The van der Waals surface area contributed by atoms with Crippen LogP contribution in [0.5, 0.6) is 11.5 Å². The average molecular weight is 343 g/mol. The molecule has 19 heavy (non-hydrogen) atoms. The third kappa shape index (κ3) is 3.72. The minimum Gasteiger partial charge on any atom is -0.497 e. The maximum absolute atomic E-state index is 9.74. The lowest BCUT2D eigenvalue weighted by molar-refractivity contribution is 0.190. The highest BCUT2D eigenvalue weighted by Gasteiger charge is 2.11. The summed E-state index contributed by atoms with van der Waals surface area (Å²) in [6.45, 7) is 2.19. The summed E-state index contributed by atoms with van der Waals surface area (Å²) in [6, 6.07) is 7.46. The van der Waals surface area contributed by atoms with Crippen molar-refractivity contribution in [2.45, 2.75) is 19.6 Å². The summed E-state index contributed by atoms with van der Waals surface area (Å²) < 4.78 is 12.0. The summed E-state index contributed by atoms with van der Waals surface area (Å²) in [5.41, 5.74) is 0.761. The molecule has 1 N–H and O–H groups in total. The van der Waals surface area contributed by atoms with Crippen molar-refractivity contribution in [1.29, 1.82) is 0 Å². The molecule has 2 aromatic rings. The van der Waals surface area contributed by atoms with Crippen molar-refractivity contribution >= 4 is 27.3 Å². The van der Waals surface area contributed by atoms with Crippen LogP contribution in [0.2, 0.25) is 0 Å². The number of halogens is 1. The molecule has 0 bridgehead atoms. The Morgan fingerprint density at radius 3 is 2.74 bits per heavy atom. The SMILES string of the molecule is COc1ccc([C@@H](C)O)c(OCc2cc(Br)cs2)c1. The summed E-state index contributed by atoms with van der Waals surface area (Å²) >= 11 is 5.04. The third-order valence-electron chi connectivity index (χ3n) is 2.66. The van der Waals surface area contributed by atoms with E-state index >= 15 is 0 Å². The van der Waals surface area contributed by atoms with Crippen LogP contribution in [-0.2, 0) is 6.61 Å². The van der Waals surface area contributed by atoms with E-state index < -0.39 is 6.10 Å². The van der Waals surface area contributed by atoms with Gasteiger partial charge in [-0.15, -0.1) is 11.3 Å². The first-order chi connectivity index (χ1) is 9.10. The number of ether oxygens (including phenoxy) is 2. The molecule has 2 rings (SSSR count). The van der Waals surface area contributed by atoms with Crippen molar-refractivity contribution in [3.8, 4) is 11.5 Å². The van der Waals surface area contributed by atoms with E-state index in [0.717, 1.165) is 14.9 Å². The highest BCUT2D eigenvalue weighted by Crippen LogP contribution is 2.31. The van der Waals surface area contributed by atoms with Crippen LogP contribution in [0, 0.1) is 0 Å². The molecule has 0 aliphatic rings. The van der Waals surface area contributed by atoms with Gasteiger partial charge in [-0.2, -0.15) is 0 Å². The van der Waals surface area contributed by atoms with E-state index in [1.54, 1.807) is 31.4 Å². The number of aliphatic hydroxyl groups is 1. The second-order valence-corrected chi connectivity index (χ2v) is 6.01. The minimum atomic E-state index is -0.573. The molecular weight excluding hydrogens is 328 g/mol. The van der Waals surface area contributed by atoms with Gasteiger partial charge in [-0.05, 0) is 41.1 Å². The first-order valence-electron chi connectivity index (χ1n) is 5.82. The predicted octanol–water partition coefficient (Wildman–Crippen LogP) is 4.15. The maximum atomic E-state index is 9.74. The van der Waals surface area contributed by atoms with Gasteiger partial charge in [0.05, 0.1) is 13.2 Å². The molecule has 0 radical (unpaired) electrons. The van der Waals surface area contributed by atoms with Crippen molar-refractivity contribution in [3.05, 3.63) is 44.6 Å². The Hall–Kier alpha value is -1.04. The number of hydrogen-bond donors (Lipinski definition) is 1. The van der Waals surface area contributed by atoms with Gasteiger partial charge in [0.15, 0.2) is 0 Å². The van der Waals surface area contributed by atoms with Gasteiger partial charge < -0.3 is 14.6 Å². The predicted molar refractivity (Wildman–Crippen MR) is 80.0 cm³/mol. The van der Waals surface area contributed by atoms with E-state index in [9.17, 15) is 5.11 Å². The molecule has 3 nitrogen and oxygen atoms in total. The molecule has 0 unspecified atom stereocenters. The summed E-state index contributed by atoms with van der Waals surface area (Å²) in [5.74, 6) is 1.37. The first-order valence-corrected chi connectivity index (χ1v) is 7.49. The van der Waals surface area contributed by atoms with Crippen molar-refractivity contribution < 1.29 is 14.6 Å². The fraction of sp³-hybridized carbons (Fsp3) is 0.286. The van der Waals surface area contributed by atoms with Crippen LogP contribution in [-0.4, -0.2) is 12.2 Å². The maximum Gasteiger partial charge on any atom is 0.129 e. The molecular formula is C14H15BrO3S. The summed E-state index contributed by atoms with van der Waals surface area (Å²) in [7, 11) is 1.61. The quantitative estimate of drug-likeness (QED) is 0.886. The van der Waals surface area contributed by atoms with E-state index in [2.05, 4.69) is 15.9 Å². The van der Waals surface area contributed by atoms with E-state index in [-0.39, 0.29) is 0 Å². The van der Waals surface area contributed by atoms with Gasteiger partial charge in [0.2, 0.25) is 0 Å². The Balaban J connectivity index is 2.17. The largest absolute Gasteiger partial charge is 0.497 e. The van der Waals surface area contributed by atoms with Crippen LogP contribution in [0.25, 0.3) is 0 Å². The standard InChI is InChI=1S/C14H15BrO3S/c1-9(16)13-4-3-11(17-2)6-14(13)18-7-12-5-10(15)8-19-12/h3-6,8-9,16H,7H2,1-2H3/t9-/m1/s1. The molecule has 0 aliphatic heterocycles. The zero-order chi connectivity index (χ0) is 13.8. The van der Waals surface area contributed by atoms with E-state index in [1.165, 1.54) is 0 Å². The van der Waals surface area contributed by atoms with Crippen LogP contribution in [0.15, 0.2) is 34.1 Å². The van der Waals surface area contributed by atoms with Gasteiger partial charge in [0.25, 0.3) is 0 Å². The molecule has 1 atom stereocenters. The molecule has 102 valence electrons. The van der Waals surface area contributed by atoms with Gasteiger partial charge in [-0.25, -0.2) is 0 Å². The second kappa shape index (κ2) is 6.41. The summed E-state index contributed by atoms with van der Waals surface area (Å²) in [6.07, 6.45) is -0.573. The van der Waals surface area contributed by atoms with Gasteiger partial charge in [-0.3, -0.25) is 0 Å². The normalized spacial score (nSPS) is 12.2. The molecule has 0 fully saturated rings. The lowest BCUT2D eigenvalue weighted by atomic mass is 10.1. The molecule has 0 saturated heterocycles. The van der Waals surface area contributed by atoms with Gasteiger partial charge in [-0.1, -0.05) is 0 Å². The van der Waals surface area contributed by atoms with Crippen molar-refractivity contribution in [1.82, 2.24) is 0 Å². The Labute approximate surface area is 124 Å². The molecule has 0 aliphatic carbocycles. The molecule has 1 aromatic heterocycles. The third-order valence-corrected chi connectivity index (χ3v) is 4.33. The number of thiophene rings is 1. The van der Waals surface area contributed by atoms with Gasteiger partial charge in [0, 0.05) is 26.4 Å². The lowest BCUT2D eigenvalue weighted by Crippen LogP contribution is -2.00. The zero-order valence-electron chi connectivity index (χ0n) is 10.7. The van der Waals surface area contributed by atoms with E-state index in [0.29, 0.717) is 18.1 Å². The summed E-state index contributed by atoms with van der Waals surface area (Å²) in [5, 5.41) is 11.8. The number of rotatable bonds is 5. The summed E-state index contributed by atoms with van der Waals surface area (Å²) in [4.78, 5) is 1.12. The fourth-order valence-electron chi connectivity index (χ4n) is 1.69. The highest BCUT2D eigenvalue weighted by molar-refractivity contribution is 9.10. The van der Waals surface area contributed by atoms with Gasteiger partial charge in [0.1, 0.15) is 18.1 Å². The highest BCUT2D eigenvalue weighted by atomic mass is 79.9. The number of hydrogen-bond acceptors (Lipinski definition) is 4. The molecule has 1 heterocycles. The Bertz CT molecular complexity index is 551. The van der Waals surface area contributed by atoms with Crippen LogP contribution in [0.3, 0.4) is 0 Å². The average Bonchev–Trinajstić information content (AvgIpc) is 2.81. The molecule has 0 spiro atoms. The zero-order valence-corrected chi connectivity index (χ0v) is 13.1. The number of aliphatic hydroxyl groups excluding tert-OH is 1. The number of methoxy groups -OCH3 is 1. The Morgan fingerprint density at radius 2 is 2.16 bits per heavy atom. The van der Waals surface area contributed by atoms with Crippen molar-refractivity contribution in [3.63, 3.8) is 0 Å². The molecule has 5 heteroatoms.